The molecule has 0 atom stereocenters. The minimum Gasteiger partial charge on any atom is -0.469 e. The van der Waals surface area contributed by atoms with Crippen molar-refractivity contribution in [2.24, 2.45) is 0 Å². The molecule has 1 heterocycles. The van der Waals surface area contributed by atoms with Gasteiger partial charge < -0.3 is 4.74 Å². The van der Waals surface area contributed by atoms with Crippen molar-refractivity contribution in [2.75, 3.05) is 7.11 Å². The van der Waals surface area contributed by atoms with Gasteiger partial charge in [0.15, 0.2) is 0 Å². The Morgan fingerprint density at radius 2 is 2.27 bits per heavy atom. The number of pyridine rings is 1. The van der Waals surface area contributed by atoms with Gasteiger partial charge in [-0.3, -0.25) is 9.78 Å². The van der Waals surface area contributed by atoms with Crippen molar-refractivity contribution < 1.29 is 22.7 Å². The van der Waals surface area contributed by atoms with E-state index < -0.39 is 23.9 Å². The standard InChI is InChI=1S/C9H8F3NO2/c1-15-8(14)3-5-2-7(9(11)12)13-4-6(5)10/h2,4,9H,3H2,1H3. The Bertz CT molecular complexity index is 368. The number of carbonyl (C=O) groups excluding carboxylic acids is 1. The molecule has 0 amide bonds. The van der Waals surface area contributed by atoms with Gasteiger partial charge in [-0.2, -0.15) is 0 Å². The molecule has 0 saturated heterocycles. The number of esters is 1. The summed E-state index contributed by atoms with van der Waals surface area (Å²) in [7, 11) is 1.13. The van der Waals surface area contributed by atoms with Gasteiger partial charge in [-0.05, 0) is 6.07 Å². The Morgan fingerprint density at radius 3 is 2.80 bits per heavy atom. The number of nitrogens with zero attached hydrogens (tertiary/aromatic N) is 1. The first-order valence-electron chi connectivity index (χ1n) is 4.04. The van der Waals surface area contributed by atoms with Gasteiger partial charge in [0.25, 0.3) is 6.43 Å². The summed E-state index contributed by atoms with van der Waals surface area (Å²) in [5, 5.41) is 0. The molecular weight excluding hydrogens is 211 g/mol. The Labute approximate surface area is 83.9 Å². The van der Waals surface area contributed by atoms with Gasteiger partial charge in [0.1, 0.15) is 11.5 Å². The van der Waals surface area contributed by atoms with E-state index >= 15 is 0 Å². The van der Waals surface area contributed by atoms with Crippen LogP contribution in [0.5, 0.6) is 0 Å². The van der Waals surface area contributed by atoms with Crippen LogP contribution in [0.25, 0.3) is 0 Å². The largest absolute Gasteiger partial charge is 0.469 e. The zero-order valence-electron chi connectivity index (χ0n) is 7.84. The van der Waals surface area contributed by atoms with Gasteiger partial charge in [-0.25, -0.2) is 13.2 Å². The van der Waals surface area contributed by atoms with E-state index in [1.165, 1.54) is 0 Å². The van der Waals surface area contributed by atoms with Crippen molar-refractivity contribution in [1.29, 1.82) is 0 Å². The zero-order chi connectivity index (χ0) is 11.4. The van der Waals surface area contributed by atoms with Crippen molar-refractivity contribution in [3.8, 4) is 0 Å². The summed E-state index contributed by atoms with van der Waals surface area (Å²) >= 11 is 0. The molecule has 0 N–H and O–H groups in total. The fraction of sp³-hybridized carbons (Fsp3) is 0.333. The number of alkyl halides is 2. The highest BCUT2D eigenvalue weighted by molar-refractivity contribution is 5.72. The molecule has 6 heteroatoms. The van der Waals surface area contributed by atoms with E-state index in [0.29, 0.717) is 6.20 Å². The number of aromatic nitrogens is 1. The third-order valence-electron chi connectivity index (χ3n) is 1.74. The molecule has 1 aromatic heterocycles. The van der Waals surface area contributed by atoms with Crippen molar-refractivity contribution in [3.63, 3.8) is 0 Å². The minimum absolute atomic E-state index is 0.146. The molecule has 82 valence electrons. The molecule has 1 rings (SSSR count). The summed E-state index contributed by atoms with van der Waals surface area (Å²) in [4.78, 5) is 14.0. The van der Waals surface area contributed by atoms with Crippen LogP contribution in [0.15, 0.2) is 12.3 Å². The van der Waals surface area contributed by atoms with Gasteiger partial charge in [-0.15, -0.1) is 0 Å². The molecule has 1 aromatic rings. The normalized spacial score (nSPS) is 10.5. The first-order chi connectivity index (χ1) is 7.04. The van der Waals surface area contributed by atoms with E-state index in [4.69, 9.17) is 0 Å². The predicted octanol–water partition coefficient (Wildman–Crippen LogP) is 1.87. The second-order valence-corrected chi connectivity index (χ2v) is 2.75. The van der Waals surface area contributed by atoms with E-state index in [1.54, 1.807) is 0 Å². The fourth-order valence-corrected chi connectivity index (χ4v) is 0.981. The van der Waals surface area contributed by atoms with Crippen LogP contribution in [0.1, 0.15) is 17.7 Å². The van der Waals surface area contributed by atoms with Gasteiger partial charge in [0.2, 0.25) is 0 Å². The first-order valence-corrected chi connectivity index (χ1v) is 4.04. The van der Waals surface area contributed by atoms with E-state index in [0.717, 1.165) is 13.2 Å². The third-order valence-corrected chi connectivity index (χ3v) is 1.74. The van der Waals surface area contributed by atoms with Gasteiger partial charge in [-0.1, -0.05) is 0 Å². The summed E-state index contributed by atoms with van der Waals surface area (Å²) in [6.07, 6.45) is -2.51. The molecule has 0 unspecified atom stereocenters. The molecule has 15 heavy (non-hydrogen) atoms. The SMILES string of the molecule is COC(=O)Cc1cc(C(F)F)ncc1F. The molecule has 0 bridgehead atoms. The van der Waals surface area contributed by atoms with Gasteiger partial charge in [0, 0.05) is 5.56 Å². The lowest BCUT2D eigenvalue weighted by Crippen LogP contribution is -2.07. The number of carbonyl (C=O) groups is 1. The zero-order valence-corrected chi connectivity index (χ0v) is 7.84. The summed E-state index contributed by atoms with van der Waals surface area (Å²) in [6.45, 7) is 0. The molecule has 0 radical (unpaired) electrons. The lowest BCUT2D eigenvalue weighted by molar-refractivity contribution is -0.139. The first kappa shape index (κ1) is 11.5. The Balaban J connectivity index is 2.95. The van der Waals surface area contributed by atoms with Crippen molar-refractivity contribution in [1.82, 2.24) is 4.98 Å². The topological polar surface area (TPSA) is 39.2 Å². The number of halogens is 3. The molecule has 0 spiro atoms. The highest BCUT2D eigenvalue weighted by atomic mass is 19.3. The molecule has 0 aliphatic rings. The highest BCUT2D eigenvalue weighted by Gasteiger charge is 2.14. The maximum absolute atomic E-state index is 13.0. The van der Waals surface area contributed by atoms with Crippen LogP contribution in [0.4, 0.5) is 13.2 Å². The lowest BCUT2D eigenvalue weighted by atomic mass is 10.1. The van der Waals surface area contributed by atoms with E-state index in [1.807, 2.05) is 0 Å². The molecule has 0 fully saturated rings. The second kappa shape index (κ2) is 4.77. The lowest BCUT2D eigenvalue weighted by Gasteiger charge is -2.04. The van der Waals surface area contributed by atoms with Crippen LogP contribution in [0, 0.1) is 5.82 Å². The molecule has 0 aliphatic carbocycles. The van der Waals surface area contributed by atoms with E-state index in [9.17, 15) is 18.0 Å². The number of hydrogen-bond acceptors (Lipinski definition) is 3. The molecule has 0 aromatic carbocycles. The van der Waals surface area contributed by atoms with Crippen LogP contribution in [-0.2, 0) is 16.0 Å². The number of methoxy groups -OCH3 is 1. The summed E-state index contributed by atoms with van der Waals surface area (Å²) in [5.41, 5.74) is -0.706. The number of ether oxygens (including phenoxy) is 1. The van der Waals surface area contributed by atoms with Gasteiger partial charge in [0.05, 0.1) is 19.7 Å². The molecular formula is C9H8F3NO2. The van der Waals surface area contributed by atoms with Crippen LogP contribution in [-0.4, -0.2) is 18.1 Å². The quantitative estimate of drug-likeness (QED) is 0.728. The van der Waals surface area contributed by atoms with Crippen LogP contribution in [0.2, 0.25) is 0 Å². The smallest absolute Gasteiger partial charge is 0.310 e. The van der Waals surface area contributed by atoms with E-state index in [-0.39, 0.29) is 12.0 Å². The Morgan fingerprint density at radius 1 is 1.60 bits per heavy atom. The molecule has 3 nitrogen and oxygen atoms in total. The monoisotopic (exact) mass is 219 g/mol. The Kier molecular flexibility index (Phi) is 3.65. The minimum atomic E-state index is -2.79. The van der Waals surface area contributed by atoms with E-state index in [2.05, 4.69) is 9.72 Å². The van der Waals surface area contributed by atoms with Crippen molar-refractivity contribution in [3.05, 3.63) is 29.3 Å². The summed E-state index contributed by atoms with van der Waals surface area (Å²) in [5.74, 6) is -1.50. The molecule has 0 aliphatic heterocycles. The maximum atomic E-state index is 13.0. The van der Waals surface area contributed by atoms with Crippen LogP contribution in [0.3, 0.4) is 0 Å². The number of hydrogen-bond donors (Lipinski definition) is 0. The second-order valence-electron chi connectivity index (χ2n) is 2.75. The van der Waals surface area contributed by atoms with Crippen molar-refractivity contribution >= 4 is 5.97 Å². The summed E-state index contributed by atoms with van der Waals surface area (Å²) in [6, 6.07) is 0.858. The maximum Gasteiger partial charge on any atom is 0.310 e. The van der Waals surface area contributed by atoms with Crippen LogP contribution < -0.4 is 0 Å². The predicted molar refractivity (Wildman–Crippen MR) is 44.9 cm³/mol. The van der Waals surface area contributed by atoms with Crippen LogP contribution >= 0.6 is 0 Å². The highest BCUT2D eigenvalue weighted by Crippen LogP contribution is 2.19. The Hall–Kier alpha value is -1.59. The third kappa shape index (κ3) is 2.93. The molecule has 0 saturated carbocycles. The number of rotatable bonds is 3. The van der Waals surface area contributed by atoms with Crippen molar-refractivity contribution in [2.45, 2.75) is 12.8 Å². The summed E-state index contributed by atoms with van der Waals surface area (Å²) < 4.78 is 41.7. The fourth-order valence-electron chi connectivity index (χ4n) is 0.981. The average molecular weight is 219 g/mol. The average Bonchev–Trinajstić information content (AvgIpc) is 2.20. The van der Waals surface area contributed by atoms with Gasteiger partial charge >= 0.3 is 5.97 Å².